The standard InChI is InChI=1S/C24H36N4O6/c1-6-14(7-2)22(31)27-21-17-11-10-16(28(17)26-13-25-21)19-18(29)20(30)24(5,34-19)12-33-23(32)15(8-3)9-4/h10-11,13-15,18-20,29-30H,6-9,12H2,1-5H3,(H,25,26,27,31)/t18-,19-,20-,24+/m0/s1. The molecule has 2 aromatic heterocycles. The highest BCUT2D eigenvalue weighted by Gasteiger charge is 2.53. The molecule has 1 fully saturated rings. The Hall–Kier alpha value is -2.56. The fourth-order valence-corrected chi connectivity index (χ4v) is 4.41. The molecule has 2 aromatic rings. The van der Waals surface area contributed by atoms with Crippen LogP contribution in [0, 0.1) is 11.8 Å². The Kier molecular flexibility index (Phi) is 8.27. The topological polar surface area (TPSA) is 135 Å². The van der Waals surface area contributed by atoms with Gasteiger partial charge >= 0.3 is 5.97 Å². The van der Waals surface area contributed by atoms with Gasteiger partial charge in [0, 0.05) is 5.92 Å². The van der Waals surface area contributed by atoms with Gasteiger partial charge in [-0.1, -0.05) is 27.7 Å². The molecule has 188 valence electrons. The number of ether oxygens (including phenoxy) is 2. The zero-order chi connectivity index (χ0) is 25.0. The molecule has 3 heterocycles. The summed E-state index contributed by atoms with van der Waals surface area (Å²) in [4.78, 5) is 29.1. The highest BCUT2D eigenvalue weighted by atomic mass is 16.6. The van der Waals surface area contributed by atoms with Crippen molar-refractivity contribution in [1.29, 1.82) is 0 Å². The molecule has 0 unspecified atom stereocenters. The van der Waals surface area contributed by atoms with Crippen molar-refractivity contribution < 1.29 is 29.3 Å². The number of carbonyl (C=O) groups excluding carboxylic acids is 2. The minimum Gasteiger partial charge on any atom is -0.462 e. The van der Waals surface area contributed by atoms with Crippen LogP contribution in [0.2, 0.25) is 0 Å². The maximum atomic E-state index is 12.6. The number of amides is 1. The summed E-state index contributed by atoms with van der Waals surface area (Å²) in [6.45, 7) is 9.17. The highest BCUT2D eigenvalue weighted by Crippen LogP contribution is 2.41. The predicted octanol–water partition coefficient (Wildman–Crippen LogP) is 2.64. The van der Waals surface area contributed by atoms with Gasteiger partial charge in [0.05, 0.1) is 11.6 Å². The summed E-state index contributed by atoms with van der Waals surface area (Å²) in [6, 6.07) is 3.43. The van der Waals surface area contributed by atoms with E-state index in [1.807, 2.05) is 27.7 Å². The summed E-state index contributed by atoms with van der Waals surface area (Å²) in [7, 11) is 0. The third kappa shape index (κ3) is 4.94. The van der Waals surface area contributed by atoms with Crippen LogP contribution in [0.15, 0.2) is 18.5 Å². The Morgan fingerprint density at radius 2 is 1.79 bits per heavy atom. The van der Waals surface area contributed by atoms with Crippen molar-refractivity contribution in [2.75, 3.05) is 11.9 Å². The molecule has 0 saturated carbocycles. The first-order chi connectivity index (χ1) is 16.2. The molecule has 0 radical (unpaired) electrons. The van der Waals surface area contributed by atoms with Crippen LogP contribution in [0.5, 0.6) is 0 Å². The number of aromatic nitrogens is 3. The van der Waals surface area contributed by atoms with Crippen LogP contribution in [-0.4, -0.2) is 61.1 Å². The number of anilines is 1. The first-order valence-electron chi connectivity index (χ1n) is 12.0. The Bertz CT molecular complexity index is 1000. The smallest absolute Gasteiger partial charge is 0.309 e. The molecule has 0 spiro atoms. The highest BCUT2D eigenvalue weighted by molar-refractivity contribution is 5.95. The van der Waals surface area contributed by atoms with E-state index in [2.05, 4.69) is 15.4 Å². The number of nitrogens with one attached hydrogen (secondary N) is 1. The average Bonchev–Trinajstić information content (AvgIpc) is 3.35. The molecule has 10 heteroatoms. The van der Waals surface area contributed by atoms with E-state index in [1.54, 1.807) is 19.1 Å². The van der Waals surface area contributed by atoms with Crippen molar-refractivity contribution in [3.8, 4) is 0 Å². The fourth-order valence-electron chi connectivity index (χ4n) is 4.41. The largest absolute Gasteiger partial charge is 0.462 e. The summed E-state index contributed by atoms with van der Waals surface area (Å²) in [5, 5.41) is 28.7. The molecule has 3 rings (SSSR count). The number of fused-ring (bicyclic) bond motifs is 1. The molecule has 0 aliphatic carbocycles. The molecule has 1 aliphatic rings. The zero-order valence-electron chi connectivity index (χ0n) is 20.5. The van der Waals surface area contributed by atoms with Crippen molar-refractivity contribution in [2.24, 2.45) is 11.8 Å². The number of esters is 1. The molecule has 34 heavy (non-hydrogen) atoms. The number of rotatable bonds is 10. The van der Waals surface area contributed by atoms with Crippen LogP contribution in [-0.2, 0) is 19.1 Å². The number of carbonyl (C=O) groups is 2. The lowest BCUT2D eigenvalue weighted by molar-refractivity contribution is -0.164. The van der Waals surface area contributed by atoms with Crippen LogP contribution in [0.1, 0.15) is 72.1 Å². The maximum absolute atomic E-state index is 12.6. The van der Waals surface area contributed by atoms with Crippen molar-refractivity contribution in [3.63, 3.8) is 0 Å². The molecule has 10 nitrogen and oxygen atoms in total. The molecule has 4 atom stereocenters. The molecular formula is C24H36N4O6. The first-order valence-corrected chi connectivity index (χ1v) is 12.0. The molecule has 1 amide bonds. The third-order valence-electron chi connectivity index (χ3n) is 6.85. The van der Waals surface area contributed by atoms with Gasteiger partial charge in [0.1, 0.15) is 42.4 Å². The van der Waals surface area contributed by atoms with Gasteiger partial charge < -0.3 is 25.0 Å². The van der Waals surface area contributed by atoms with Crippen molar-refractivity contribution >= 4 is 23.2 Å². The molecular weight excluding hydrogens is 440 g/mol. The average molecular weight is 477 g/mol. The minimum atomic E-state index is -1.30. The predicted molar refractivity (Wildman–Crippen MR) is 125 cm³/mol. The summed E-state index contributed by atoms with van der Waals surface area (Å²) in [5.41, 5.74) is -0.275. The van der Waals surface area contributed by atoms with Gasteiger partial charge in [-0.05, 0) is 44.7 Å². The summed E-state index contributed by atoms with van der Waals surface area (Å²) in [5.74, 6) is -0.453. The van der Waals surface area contributed by atoms with E-state index < -0.39 is 23.9 Å². The lowest BCUT2D eigenvalue weighted by Gasteiger charge is -2.27. The monoisotopic (exact) mass is 476 g/mol. The molecule has 0 bridgehead atoms. The van der Waals surface area contributed by atoms with Crippen LogP contribution >= 0.6 is 0 Å². The summed E-state index contributed by atoms with van der Waals surface area (Å²) < 4.78 is 13.0. The Morgan fingerprint density at radius 1 is 1.15 bits per heavy atom. The van der Waals surface area contributed by atoms with Gasteiger partial charge in [-0.3, -0.25) is 9.59 Å². The van der Waals surface area contributed by atoms with Crippen molar-refractivity contribution in [2.45, 2.75) is 84.2 Å². The molecule has 0 aromatic carbocycles. The van der Waals surface area contributed by atoms with Gasteiger partial charge in [-0.15, -0.1) is 0 Å². The first kappa shape index (κ1) is 26.1. The number of hydrogen-bond acceptors (Lipinski definition) is 8. The Morgan fingerprint density at radius 3 is 2.41 bits per heavy atom. The zero-order valence-corrected chi connectivity index (χ0v) is 20.5. The van der Waals surface area contributed by atoms with Crippen LogP contribution in [0.25, 0.3) is 5.52 Å². The Labute approximate surface area is 199 Å². The van der Waals surface area contributed by atoms with E-state index in [0.29, 0.717) is 29.9 Å². The van der Waals surface area contributed by atoms with Gasteiger partial charge in [0.25, 0.3) is 0 Å². The second-order valence-corrected chi connectivity index (χ2v) is 9.07. The number of hydrogen-bond donors (Lipinski definition) is 3. The van der Waals surface area contributed by atoms with Gasteiger partial charge in [-0.2, -0.15) is 5.10 Å². The fraction of sp³-hybridized carbons (Fsp3) is 0.667. The minimum absolute atomic E-state index is 0.118. The van der Waals surface area contributed by atoms with Crippen molar-refractivity contribution in [3.05, 3.63) is 24.2 Å². The van der Waals surface area contributed by atoms with Crippen LogP contribution in [0.4, 0.5) is 5.82 Å². The van der Waals surface area contributed by atoms with Gasteiger partial charge in [0.15, 0.2) is 5.82 Å². The van der Waals surface area contributed by atoms with E-state index in [-0.39, 0.29) is 30.3 Å². The van der Waals surface area contributed by atoms with E-state index in [4.69, 9.17) is 9.47 Å². The second kappa shape index (κ2) is 10.8. The van der Waals surface area contributed by atoms with E-state index in [9.17, 15) is 19.8 Å². The molecule has 3 N–H and O–H groups in total. The molecule has 1 saturated heterocycles. The Balaban J connectivity index is 1.82. The maximum Gasteiger partial charge on any atom is 0.309 e. The van der Waals surface area contributed by atoms with Crippen molar-refractivity contribution in [1.82, 2.24) is 14.6 Å². The molecule has 1 aliphatic heterocycles. The normalized spacial score (nSPS) is 24.8. The second-order valence-electron chi connectivity index (χ2n) is 9.07. The van der Waals surface area contributed by atoms with Gasteiger partial charge in [0.2, 0.25) is 5.91 Å². The number of aliphatic hydroxyl groups excluding tert-OH is 2. The number of aliphatic hydroxyl groups is 2. The summed E-state index contributed by atoms with van der Waals surface area (Å²) in [6.07, 6.45) is 0.590. The third-order valence-corrected chi connectivity index (χ3v) is 6.85. The van der Waals surface area contributed by atoms with Crippen LogP contribution < -0.4 is 5.32 Å². The van der Waals surface area contributed by atoms with Crippen LogP contribution in [0.3, 0.4) is 0 Å². The lowest BCUT2D eigenvalue weighted by Crippen LogP contribution is -2.45. The van der Waals surface area contributed by atoms with E-state index >= 15 is 0 Å². The van der Waals surface area contributed by atoms with E-state index in [0.717, 1.165) is 12.8 Å². The van der Waals surface area contributed by atoms with Gasteiger partial charge in [-0.25, -0.2) is 9.50 Å². The lowest BCUT2D eigenvalue weighted by atomic mass is 9.96. The number of nitrogens with zero attached hydrogens (tertiary/aromatic N) is 3. The van der Waals surface area contributed by atoms with E-state index in [1.165, 1.54) is 10.8 Å². The SMILES string of the molecule is CCC(CC)C(=O)Nc1ncnn2c([C@@H]3O[C@](C)(COC(=O)C(CC)CC)[C@@H](O)[C@H]3O)ccc12. The quantitative estimate of drug-likeness (QED) is 0.445. The summed E-state index contributed by atoms with van der Waals surface area (Å²) >= 11 is 0.